The van der Waals surface area contributed by atoms with Crippen molar-refractivity contribution in [3.05, 3.63) is 120 Å². The lowest BCUT2D eigenvalue weighted by Crippen LogP contribution is -2.14. The van der Waals surface area contributed by atoms with Crippen molar-refractivity contribution < 1.29 is 5.11 Å². The van der Waals surface area contributed by atoms with Gasteiger partial charge in [0.15, 0.2) is 0 Å². The summed E-state index contributed by atoms with van der Waals surface area (Å²) in [6.07, 6.45) is 1.78. The summed E-state index contributed by atoms with van der Waals surface area (Å²) in [5.41, 5.74) is 8.60. The van der Waals surface area contributed by atoms with E-state index >= 15 is 0 Å². The Hall–Kier alpha value is -4.44. The van der Waals surface area contributed by atoms with Gasteiger partial charge in [-0.3, -0.25) is 9.88 Å². The van der Waals surface area contributed by atoms with Crippen molar-refractivity contribution in [2.45, 2.75) is 20.8 Å². The van der Waals surface area contributed by atoms with Crippen molar-refractivity contribution in [3.8, 4) is 28.3 Å². The molecule has 0 aliphatic rings. The Morgan fingerprint density at radius 2 is 1.34 bits per heavy atom. The van der Waals surface area contributed by atoms with Crippen LogP contribution in [-0.2, 0) is 0 Å². The van der Waals surface area contributed by atoms with Crippen LogP contribution in [0.1, 0.15) is 16.7 Å². The zero-order valence-electron chi connectivity index (χ0n) is 20.1. The van der Waals surface area contributed by atoms with Gasteiger partial charge in [0, 0.05) is 17.4 Å². The Morgan fingerprint density at radius 1 is 0.657 bits per heavy atom. The molecule has 35 heavy (non-hydrogen) atoms. The van der Waals surface area contributed by atoms with Crippen LogP contribution in [0.4, 0.5) is 17.2 Å². The second-order valence-corrected chi connectivity index (χ2v) is 8.69. The van der Waals surface area contributed by atoms with E-state index in [0.29, 0.717) is 5.75 Å². The van der Waals surface area contributed by atoms with Crippen LogP contribution in [0, 0.1) is 20.8 Å². The van der Waals surface area contributed by atoms with Crippen molar-refractivity contribution in [1.29, 1.82) is 0 Å². The summed E-state index contributed by atoms with van der Waals surface area (Å²) in [5, 5.41) is 10.7. The average molecular weight is 458 g/mol. The number of nitrogens with zero attached hydrogens (tertiary/aromatic N) is 3. The number of pyridine rings is 2. The van der Waals surface area contributed by atoms with Gasteiger partial charge in [0.2, 0.25) is 0 Å². The first-order valence-electron chi connectivity index (χ1n) is 11.7. The van der Waals surface area contributed by atoms with Gasteiger partial charge in [-0.15, -0.1) is 0 Å². The van der Waals surface area contributed by atoms with Crippen LogP contribution in [0.15, 0.2) is 103 Å². The maximum atomic E-state index is 10.7. The van der Waals surface area contributed by atoms with Gasteiger partial charge in [-0.2, -0.15) is 0 Å². The molecule has 1 N–H and O–H groups in total. The molecule has 2 heterocycles. The van der Waals surface area contributed by atoms with E-state index in [2.05, 4.69) is 54.1 Å². The molecule has 4 heteroatoms. The molecule has 0 aliphatic carbocycles. The van der Waals surface area contributed by atoms with Crippen LogP contribution < -0.4 is 4.90 Å². The van der Waals surface area contributed by atoms with Crippen LogP contribution in [-0.4, -0.2) is 15.1 Å². The number of aromatic nitrogens is 2. The molecule has 5 rings (SSSR count). The summed E-state index contributed by atoms with van der Waals surface area (Å²) in [5.74, 6) is 1.11. The third kappa shape index (κ3) is 4.38. The molecule has 0 radical (unpaired) electrons. The van der Waals surface area contributed by atoms with E-state index in [0.717, 1.165) is 56.4 Å². The maximum absolute atomic E-state index is 10.7. The summed E-state index contributed by atoms with van der Waals surface area (Å²) in [7, 11) is 0. The van der Waals surface area contributed by atoms with Crippen molar-refractivity contribution in [2.75, 3.05) is 4.90 Å². The van der Waals surface area contributed by atoms with Crippen molar-refractivity contribution in [3.63, 3.8) is 0 Å². The molecule has 0 bridgehead atoms. The van der Waals surface area contributed by atoms with Crippen LogP contribution in [0.3, 0.4) is 0 Å². The zero-order chi connectivity index (χ0) is 24.4. The summed E-state index contributed by atoms with van der Waals surface area (Å²) in [6, 6.07) is 32.3. The fourth-order valence-corrected chi connectivity index (χ4v) is 4.44. The van der Waals surface area contributed by atoms with Gasteiger partial charge in [0.05, 0.1) is 17.1 Å². The zero-order valence-corrected chi connectivity index (χ0v) is 20.1. The Kier molecular flexibility index (Phi) is 6.02. The van der Waals surface area contributed by atoms with E-state index in [1.165, 1.54) is 0 Å². The normalized spacial score (nSPS) is 10.8. The third-order valence-corrected chi connectivity index (χ3v) is 6.21. The molecule has 0 amide bonds. The van der Waals surface area contributed by atoms with Gasteiger partial charge >= 0.3 is 0 Å². The number of aromatic hydroxyl groups is 1. The highest BCUT2D eigenvalue weighted by Crippen LogP contribution is 2.41. The average Bonchev–Trinajstić information content (AvgIpc) is 2.88. The molecule has 0 spiro atoms. The lowest BCUT2D eigenvalue weighted by Gasteiger charge is -2.28. The molecule has 0 unspecified atom stereocenters. The molecule has 2 aromatic heterocycles. The highest BCUT2D eigenvalue weighted by Gasteiger charge is 2.19. The van der Waals surface area contributed by atoms with Gasteiger partial charge in [-0.1, -0.05) is 60.7 Å². The van der Waals surface area contributed by atoms with E-state index < -0.39 is 0 Å². The smallest absolute Gasteiger partial charge is 0.138 e. The van der Waals surface area contributed by atoms with Gasteiger partial charge in [-0.05, 0) is 79.4 Å². The highest BCUT2D eigenvalue weighted by atomic mass is 16.3. The van der Waals surface area contributed by atoms with Crippen molar-refractivity contribution >= 4 is 17.2 Å². The number of phenolic OH excluding ortho intramolecular Hbond substituents is 1. The number of anilines is 3. The Balaban J connectivity index is 1.71. The van der Waals surface area contributed by atoms with Crippen LogP contribution in [0.2, 0.25) is 0 Å². The number of hydrogen-bond acceptors (Lipinski definition) is 4. The number of aryl methyl sites for hydroxylation is 3. The summed E-state index contributed by atoms with van der Waals surface area (Å²) in [4.78, 5) is 11.7. The fraction of sp³-hybridized carbons (Fsp3) is 0.0968. The summed E-state index contributed by atoms with van der Waals surface area (Å²) >= 11 is 0. The predicted octanol–water partition coefficient (Wildman–Crippen LogP) is 7.91. The highest BCUT2D eigenvalue weighted by molar-refractivity contribution is 5.83. The molecule has 0 fully saturated rings. The molecule has 0 saturated carbocycles. The fourth-order valence-electron chi connectivity index (χ4n) is 4.44. The number of para-hydroxylation sites is 2. The second kappa shape index (κ2) is 9.43. The van der Waals surface area contributed by atoms with Gasteiger partial charge in [-0.25, -0.2) is 4.98 Å². The summed E-state index contributed by atoms with van der Waals surface area (Å²) in [6.45, 7) is 6.15. The van der Waals surface area contributed by atoms with Crippen LogP contribution >= 0.6 is 0 Å². The molecule has 0 saturated heterocycles. The molecule has 0 atom stereocenters. The van der Waals surface area contributed by atoms with Gasteiger partial charge < -0.3 is 5.11 Å². The molecule has 172 valence electrons. The summed E-state index contributed by atoms with van der Waals surface area (Å²) < 4.78 is 0. The van der Waals surface area contributed by atoms with Gasteiger partial charge in [0.1, 0.15) is 11.6 Å². The largest absolute Gasteiger partial charge is 0.507 e. The monoisotopic (exact) mass is 457 g/mol. The lowest BCUT2D eigenvalue weighted by molar-refractivity contribution is 0.473. The van der Waals surface area contributed by atoms with E-state index in [4.69, 9.17) is 4.98 Å². The molecule has 4 nitrogen and oxygen atoms in total. The van der Waals surface area contributed by atoms with E-state index in [1.54, 1.807) is 6.20 Å². The topological polar surface area (TPSA) is 49.2 Å². The predicted molar refractivity (Wildman–Crippen MR) is 143 cm³/mol. The van der Waals surface area contributed by atoms with E-state index in [-0.39, 0.29) is 0 Å². The first kappa shape index (κ1) is 22.4. The van der Waals surface area contributed by atoms with Crippen LogP contribution in [0.25, 0.3) is 22.5 Å². The minimum absolute atomic E-state index is 0.304. The molecular formula is C31H27N3O. The number of benzene rings is 3. The molecular weight excluding hydrogens is 430 g/mol. The molecule has 0 aliphatic heterocycles. The Bertz CT molecular complexity index is 1470. The minimum Gasteiger partial charge on any atom is -0.507 e. The van der Waals surface area contributed by atoms with Gasteiger partial charge in [0.25, 0.3) is 0 Å². The third-order valence-electron chi connectivity index (χ3n) is 6.21. The Labute approximate surface area is 206 Å². The maximum Gasteiger partial charge on any atom is 0.138 e. The number of phenols is 1. The van der Waals surface area contributed by atoms with Crippen LogP contribution in [0.5, 0.6) is 5.75 Å². The SMILES string of the molecule is Cc1cccc(-c2cccc(N(c3cccc(-c4ccccn4)n3)c3c(C)cccc3C)c2)c1O. The first-order chi connectivity index (χ1) is 17.0. The second-order valence-electron chi connectivity index (χ2n) is 8.69. The molecule has 3 aromatic carbocycles. The quantitative estimate of drug-likeness (QED) is 0.291. The lowest BCUT2D eigenvalue weighted by atomic mass is 10.0. The van der Waals surface area contributed by atoms with Crippen molar-refractivity contribution in [1.82, 2.24) is 9.97 Å². The first-order valence-corrected chi connectivity index (χ1v) is 11.7. The van der Waals surface area contributed by atoms with Crippen molar-refractivity contribution in [2.24, 2.45) is 0 Å². The standard InChI is InChI=1S/C31H27N3O/c1-21-10-6-11-22(2)30(21)34(29-18-9-17-28(33-29)27-16-4-5-19-32-27)25-14-8-13-24(20-25)26-15-7-12-23(3)31(26)35/h4-20,35H,1-3H3. The minimum atomic E-state index is 0.304. The van der Waals surface area contributed by atoms with E-state index in [9.17, 15) is 5.11 Å². The van der Waals surface area contributed by atoms with E-state index in [1.807, 2.05) is 73.7 Å². The molecule has 5 aromatic rings. The number of hydrogen-bond donors (Lipinski definition) is 1. The Morgan fingerprint density at radius 3 is 2.11 bits per heavy atom. The number of rotatable bonds is 5.